The maximum atomic E-state index is 13.3. The molecule has 0 fully saturated rings. The molecular weight excluding hydrogens is 480 g/mol. The van der Waals surface area contributed by atoms with Crippen LogP contribution in [0.25, 0.3) is 0 Å². The first-order valence-electron chi connectivity index (χ1n) is 11.4. The number of aliphatic imine (C=N–C) groups is 1. The number of rotatable bonds is 5. The van der Waals surface area contributed by atoms with Crippen molar-refractivity contribution in [3.8, 4) is 0 Å². The lowest BCUT2D eigenvalue weighted by Crippen LogP contribution is -2.43. The van der Waals surface area contributed by atoms with Crippen molar-refractivity contribution in [2.24, 2.45) is 26.3 Å². The molecule has 1 aliphatic carbocycles. The van der Waals surface area contributed by atoms with Crippen LogP contribution in [0.1, 0.15) is 43.9 Å². The van der Waals surface area contributed by atoms with Gasteiger partial charge >= 0.3 is 0 Å². The summed E-state index contributed by atoms with van der Waals surface area (Å²) in [6.07, 6.45) is 2.34. The van der Waals surface area contributed by atoms with Crippen molar-refractivity contribution in [2.45, 2.75) is 32.7 Å². The van der Waals surface area contributed by atoms with Gasteiger partial charge in [0.1, 0.15) is 6.04 Å². The average molecular weight is 502 g/mol. The van der Waals surface area contributed by atoms with Crippen molar-refractivity contribution in [1.82, 2.24) is 10.0 Å². The van der Waals surface area contributed by atoms with E-state index in [0.717, 1.165) is 0 Å². The zero-order valence-corrected chi connectivity index (χ0v) is 19.9. The number of nitrogens with zero attached hydrogens (tertiary/aromatic N) is 7. The lowest BCUT2D eigenvalue weighted by molar-refractivity contribution is -0.385. The van der Waals surface area contributed by atoms with E-state index in [4.69, 9.17) is 10.7 Å². The number of benzene rings is 2. The van der Waals surface area contributed by atoms with Gasteiger partial charge in [0.15, 0.2) is 5.78 Å². The number of hydrogen-bond donors (Lipinski definition) is 1. The fourth-order valence-corrected chi connectivity index (χ4v) is 4.63. The van der Waals surface area contributed by atoms with Crippen LogP contribution in [0.2, 0.25) is 0 Å². The van der Waals surface area contributed by atoms with Crippen LogP contribution in [-0.4, -0.2) is 43.8 Å². The third-order valence-corrected chi connectivity index (χ3v) is 6.32. The molecule has 0 amide bonds. The van der Waals surface area contributed by atoms with E-state index >= 15 is 0 Å². The molecule has 2 aliphatic heterocycles. The summed E-state index contributed by atoms with van der Waals surface area (Å²) < 4.78 is 0. The van der Waals surface area contributed by atoms with E-state index in [1.54, 1.807) is 24.3 Å². The highest BCUT2D eigenvalue weighted by atomic mass is 16.6. The minimum atomic E-state index is -0.690. The fourth-order valence-electron chi connectivity index (χ4n) is 4.63. The molecule has 3 aliphatic rings. The third kappa shape index (κ3) is 4.30. The fraction of sp³-hybridized carbons (Fsp3) is 0.250. The average Bonchev–Trinajstić information content (AvgIpc) is 3.15. The highest BCUT2D eigenvalue weighted by Crippen LogP contribution is 2.47. The Morgan fingerprint density at radius 3 is 2.22 bits per heavy atom. The van der Waals surface area contributed by atoms with Crippen LogP contribution in [0.15, 0.2) is 75.0 Å². The van der Waals surface area contributed by atoms with Crippen LogP contribution in [0, 0.1) is 25.6 Å². The van der Waals surface area contributed by atoms with E-state index in [1.807, 2.05) is 13.8 Å². The number of nitrogens with two attached hydrogens (primary N) is 1. The van der Waals surface area contributed by atoms with E-state index in [-0.39, 0.29) is 34.5 Å². The first kappa shape index (κ1) is 23.8. The van der Waals surface area contributed by atoms with Gasteiger partial charge in [0.25, 0.3) is 17.3 Å². The van der Waals surface area contributed by atoms with Crippen molar-refractivity contribution in [2.75, 3.05) is 0 Å². The predicted molar refractivity (Wildman–Crippen MR) is 134 cm³/mol. The number of Topliss-reactive ketones (excluding diaryl/α,β-unsaturated/α-hetero) is 1. The van der Waals surface area contributed by atoms with Crippen molar-refractivity contribution in [1.29, 1.82) is 0 Å². The summed E-state index contributed by atoms with van der Waals surface area (Å²) in [5.74, 6) is 0.220. The number of fused-ring (bicyclic) bond motifs is 1. The van der Waals surface area contributed by atoms with Gasteiger partial charge in [0, 0.05) is 36.3 Å². The molecule has 13 nitrogen and oxygen atoms in total. The second-order valence-corrected chi connectivity index (χ2v) is 9.67. The van der Waals surface area contributed by atoms with Crippen molar-refractivity contribution in [3.05, 3.63) is 91.2 Å². The minimum absolute atomic E-state index is 0.00961. The first-order valence-corrected chi connectivity index (χ1v) is 11.4. The number of non-ortho nitro benzene ring substituents is 2. The van der Waals surface area contributed by atoms with E-state index in [1.165, 1.54) is 40.5 Å². The van der Waals surface area contributed by atoms with Gasteiger partial charge in [-0.3, -0.25) is 25.0 Å². The molecule has 188 valence electrons. The molecule has 0 spiro atoms. The summed E-state index contributed by atoms with van der Waals surface area (Å²) in [6, 6.07) is 11.1. The molecule has 0 radical (unpaired) electrons. The smallest absolute Gasteiger partial charge is 0.269 e. The molecule has 0 bridgehead atoms. The van der Waals surface area contributed by atoms with Crippen molar-refractivity contribution >= 4 is 35.3 Å². The van der Waals surface area contributed by atoms with Gasteiger partial charge in [-0.05, 0) is 47.2 Å². The van der Waals surface area contributed by atoms with Gasteiger partial charge in [-0.15, -0.1) is 5.10 Å². The Kier molecular flexibility index (Phi) is 5.54. The number of carbonyl (C=O) groups excluding carboxylic acids is 1. The Bertz CT molecular complexity index is 1440. The van der Waals surface area contributed by atoms with Crippen LogP contribution < -0.4 is 5.73 Å². The van der Waals surface area contributed by atoms with E-state index in [9.17, 15) is 25.0 Å². The number of nitro groups is 2. The number of allylic oxidation sites excluding steroid dienone is 1. The van der Waals surface area contributed by atoms with Crippen LogP contribution >= 0.6 is 0 Å². The summed E-state index contributed by atoms with van der Waals surface area (Å²) in [5.41, 5.74) is 8.07. The molecule has 13 heteroatoms. The van der Waals surface area contributed by atoms with Crippen molar-refractivity contribution < 1.29 is 14.6 Å². The second-order valence-electron chi connectivity index (χ2n) is 9.67. The van der Waals surface area contributed by atoms with Crippen LogP contribution in [-0.2, 0) is 4.79 Å². The maximum absolute atomic E-state index is 13.3. The molecule has 1 atom stereocenters. The number of guanidine groups is 2. The standard InChI is InChI=1S/C24H22N8O5/c1-24(2)11-18-20(19(33)12-24)21(15-5-9-17(10-6-15)32(36)37)29-23(27-18)30(22(25)28-29)26-13-14-3-7-16(8-4-14)31(34)35/h3-10,13,21H,11-12H2,1-2H3,(H2,25,28). The molecule has 2 N–H and O–H groups in total. The first-order chi connectivity index (χ1) is 17.5. The largest absolute Gasteiger partial charge is 0.366 e. The highest BCUT2D eigenvalue weighted by Gasteiger charge is 2.46. The van der Waals surface area contributed by atoms with E-state index in [0.29, 0.717) is 35.2 Å². The topological polar surface area (TPSA) is 173 Å². The normalized spacial score (nSPS) is 20.5. The van der Waals surface area contributed by atoms with Crippen molar-refractivity contribution in [3.63, 3.8) is 0 Å². The van der Waals surface area contributed by atoms with Gasteiger partial charge in [-0.25, -0.2) is 10.0 Å². The molecule has 1 unspecified atom stereocenters. The van der Waals surface area contributed by atoms with Gasteiger partial charge in [0.2, 0.25) is 5.96 Å². The molecule has 37 heavy (non-hydrogen) atoms. The Balaban J connectivity index is 1.56. The molecular formula is C24H22N8O5. The van der Waals surface area contributed by atoms with Gasteiger partial charge in [0.05, 0.1) is 21.8 Å². The number of carbonyl (C=O) groups is 1. The quantitative estimate of drug-likeness (QED) is 0.368. The van der Waals surface area contributed by atoms with Gasteiger partial charge in [-0.2, -0.15) is 10.1 Å². The SMILES string of the molecule is CC1(C)CC(=O)C2=C(C1)N=C1N(N=Cc3ccc([N+](=O)[O-])cc3)C(N)=NN1C2c1ccc([N+](=O)[O-])cc1. The molecule has 5 rings (SSSR count). The van der Waals surface area contributed by atoms with Crippen LogP contribution in [0.5, 0.6) is 0 Å². The summed E-state index contributed by atoms with van der Waals surface area (Å²) in [6.45, 7) is 3.98. The zero-order valence-electron chi connectivity index (χ0n) is 19.9. The third-order valence-electron chi connectivity index (χ3n) is 6.32. The summed E-state index contributed by atoms with van der Waals surface area (Å²) in [4.78, 5) is 39.1. The second kappa shape index (κ2) is 8.62. The number of hydrazone groups is 2. The molecule has 0 aromatic heterocycles. The van der Waals surface area contributed by atoms with Crippen LogP contribution in [0.4, 0.5) is 11.4 Å². The molecule has 0 saturated heterocycles. The highest BCUT2D eigenvalue weighted by molar-refractivity contribution is 6.07. The Morgan fingerprint density at radius 2 is 1.62 bits per heavy atom. The maximum Gasteiger partial charge on any atom is 0.269 e. The molecule has 2 heterocycles. The Morgan fingerprint density at radius 1 is 1.03 bits per heavy atom. The summed E-state index contributed by atoms with van der Waals surface area (Å²) >= 11 is 0. The van der Waals surface area contributed by atoms with Gasteiger partial charge in [-0.1, -0.05) is 13.8 Å². The predicted octanol–water partition coefficient (Wildman–Crippen LogP) is 3.44. The number of nitro benzene ring substituents is 2. The molecule has 2 aromatic carbocycles. The molecule has 0 saturated carbocycles. The summed E-state index contributed by atoms with van der Waals surface area (Å²) in [5, 5.41) is 33.7. The number of ketones is 1. The van der Waals surface area contributed by atoms with Gasteiger partial charge < -0.3 is 5.73 Å². The lowest BCUT2D eigenvalue weighted by atomic mass is 9.73. The van der Waals surface area contributed by atoms with Crippen LogP contribution in [0.3, 0.4) is 0 Å². The summed E-state index contributed by atoms with van der Waals surface area (Å²) in [7, 11) is 0. The van der Waals surface area contributed by atoms with E-state index < -0.39 is 15.9 Å². The minimum Gasteiger partial charge on any atom is -0.366 e. The molecule has 2 aromatic rings. The zero-order chi connectivity index (χ0) is 26.5. The Labute approximate surface area is 210 Å². The Hall–Kier alpha value is -4.94. The number of hydrogen-bond acceptors (Lipinski definition) is 11. The monoisotopic (exact) mass is 502 g/mol. The lowest BCUT2D eigenvalue weighted by Gasteiger charge is -2.39. The van der Waals surface area contributed by atoms with E-state index in [2.05, 4.69) is 10.2 Å².